The van der Waals surface area contributed by atoms with Crippen molar-refractivity contribution in [3.63, 3.8) is 0 Å². The van der Waals surface area contributed by atoms with Gasteiger partial charge in [0.05, 0.1) is 23.3 Å². The molecule has 0 aliphatic carbocycles. The molecular weight excluding hydrogens is 290 g/mol. The van der Waals surface area contributed by atoms with E-state index in [0.717, 1.165) is 5.01 Å². The number of halogens is 2. The maximum atomic E-state index is 14.3. The molecule has 0 saturated heterocycles. The van der Waals surface area contributed by atoms with Gasteiger partial charge in [-0.25, -0.2) is 0 Å². The minimum Gasteiger partial charge on any atom is -0.605 e. The first-order valence-corrected chi connectivity index (χ1v) is 6.99. The zero-order chi connectivity index (χ0) is 15.7. The topological polar surface area (TPSA) is 84.1 Å². The summed E-state index contributed by atoms with van der Waals surface area (Å²) in [5, 5.41) is 11.5. The molecule has 1 aliphatic rings. The number of hydrogen-bond acceptors (Lipinski definition) is 6. The average Bonchev–Trinajstić information content (AvgIpc) is 2.64. The second-order valence-electron chi connectivity index (χ2n) is 5.22. The quantitative estimate of drug-likeness (QED) is 0.488. The van der Waals surface area contributed by atoms with Crippen molar-refractivity contribution in [2.24, 2.45) is 10.3 Å². The number of nitrogens with one attached hydrogen (secondary N) is 1. The molecule has 1 rings (SSSR count). The van der Waals surface area contributed by atoms with Crippen molar-refractivity contribution in [3.8, 4) is 0 Å². The van der Waals surface area contributed by atoms with Crippen LogP contribution in [0.4, 0.5) is 8.78 Å². The predicted molar refractivity (Wildman–Crippen MR) is 74.8 cm³/mol. The van der Waals surface area contributed by atoms with E-state index >= 15 is 0 Å². The van der Waals surface area contributed by atoms with Gasteiger partial charge in [-0.2, -0.15) is 5.10 Å². The van der Waals surface area contributed by atoms with Crippen molar-refractivity contribution >= 4 is 27.6 Å². The van der Waals surface area contributed by atoms with Gasteiger partial charge in [0.1, 0.15) is 5.60 Å². The van der Waals surface area contributed by atoms with Crippen LogP contribution in [0.1, 0.15) is 27.2 Å². The Morgan fingerprint density at radius 2 is 2.10 bits per heavy atom. The van der Waals surface area contributed by atoms with Crippen LogP contribution in [-0.4, -0.2) is 51.0 Å². The second kappa shape index (κ2) is 5.65. The standard InChI is InChI=1S/C11H18F2N4O2S/c1-7(14)9(15-17(4)5)11(12,13)20(18)8-6-10(2,3)19-16-8/h14H,6H2,1-5H3/b14-7?,15-9+. The molecule has 9 heteroatoms. The van der Waals surface area contributed by atoms with Gasteiger partial charge in [0.2, 0.25) is 5.71 Å². The molecule has 1 N–H and O–H groups in total. The highest BCUT2D eigenvalue weighted by Gasteiger charge is 2.56. The molecule has 1 atom stereocenters. The van der Waals surface area contributed by atoms with Crippen LogP contribution in [-0.2, 0) is 16.0 Å². The van der Waals surface area contributed by atoms with Gasteiger partial charge in [0.25, 0.3) is 5.04 Å². The van der Waals surface area contributed by atoms with Crippen LogP contribution < -0.4 is 0 Å². The Balaban J connectivity index is 3.05. The fourth-order valence-electron chi connectivity index (χ4n) is 1.49. The molecule has 1 unspecified atom stereocenters. The fraction of sp³-hybridized carbons (Fsp3) is 0.727. The average molecular weight is 308 g/mol. The highest BCUT2D eigenvalue weighted by atomic mass is 32.2. The molecule has 114 valence electrons. The highest BCUT2D eigenvalue weighted by molar-refractivity contribution is 8.08. The lowest BCUT2D eigenvalue weighted by Gasteiger charge is -2.21. The normalized spacial score (nSPS) is 20.2. The van der Waals surface area contributed by atoms with Crippen molar-refractivity contribution in [3.05, 3.63) is 0 Å². The number of hydrogen-bond donors (Lipinski definition) is 1. The van der Waals surface area contributed by atoms with E-state index in [1.807, 2.05) is 0 Å². The van der Waals surface area contributed by atoms with Crippen LogP contribution in [0.2, 0.25) is 0 Å². The molecule has 0 aromatic rings. The third-order valence-electron chi connectivity index (χ3n) is 2.35. The lowest BCUT2D eigenvalue weighted by Crippen LogP contribution is -2.45. The smallest absolute Gasteiger partial charge is 0.461 e. The van der Waals surface area contributed by atoms with E-state index in [0.29, 0.717) is 0 Å². The summed E-state index contributed by atoms with van der Waals surface area (Å²) < 4.78 is 40.6. The van der Waals surface area contributed by atoms with Crippen LogP contribution in [0.5, 0.6) is 0 Å². The summed E-state index contributed by atoms with van der Waals surface area (Å²) in [5.74, 6) is 0. The van der Waals surface area contributed by atoms with Crippen LogP contribution in [0.25, 0.3) is 0 Å². The molecule has 0 aromatic carbocycles. The minimum absolute atomic E-state index is 0.0431. The van der Waals surface area contributed by atoms with E-state index in [1.165, 1.54) is 21.0 Å². The molecule has 6 nitrogen and oxygen atoms in total. The molecule has 0 saturated carbocycles. The monoisotopic (exact) mass is 308 g/mol. The van der Waals surface area contributed by atoms with Gasteiger partial charge in [0.15, 0.2) is 0 Å². The lowest BCUT2D eigenvalue weighted by molar-refractivity contribution is 0.0123. The van der Waals surface area contributed by atoms with Gasteiger partial charge >= 0.3 is 5.25 Å². The number of alkyl halides is 2. The first-order valence-electron chi connectivity index (χ1n) is 5.84. The zero-order valence-corrected chi connectivity index (χ0v) is 12.8. The van der Waals surface area contributed by atoms with Gasteiger partial charge in [-0.3, -0.25) is 0 Å². The molecular formula is C11H18F2N4O2S. The summed E-state index contributed by atoms with van der Waals surface area (Å²) in [5.41, 5.74) is -2.04. The summed E-state index contributed by atoms with van der Waals surface area (Å²) in [6.07, 6.45) is 0.0431. The van der Waals surface area contributed by atoms with Gasteiger partial charge in [0, 0.05) is 14.1 Å². The molecule has 1 aliphatic heterocycles. The third kappa shape index (κ3) is 3.66. The van der Waals surface area contributed by atoms with E-state index in [4.69, 9.17) is 10.2 Å². The maximum absolute atomic E-state index is 14.3. The number of nitrogens with zero attached hydrogens (tertiary/aromatic N) is 3. The van der Waals surface area contributed by atoms with Gasteiger partial charge in [-0.15, -0.1) is 8.78 Å². The van der Waals surface area contributed by atoms with Crippen LogP contribution in [0, 0.1) is 5.41 Å². The van der Waals surface area contributed by atoms with Crippen LogP contribution in [0.15, 0.2) is 10.3 Å². The third-order valence-corrected chi connectivity index (χ3v) is 3.66. The zero-order valence-electron chi connectivity index (χ0n) is 12.0. The maximum Gasteiger partial charge on any atom is 0.461 e. The van der Waals surface area contributed by atoms with Gasteiger partial charge < -0.3 is 19.8 Å². The Labute approximate surface area is 119 Å². The number of hydrazone groups is 1. The van der Waals surface area contributed by atoms with E-state index < -0.39 is 33.5 Å². The Morgan fingerprint density at radius 1 is 1.55 bits per heavy atom. The van der Waals surface area contributed by atoms with Crippen molar-refractivity contribution < 1.29 is 18.2 Å². The second-order valence-corrected chi connectivity index (χ2v) is 6.74. The number of oxime groups is 1. The predicted octanol–water partition coefficient (Wildman–Crippen LogP) is 1.80. The fourth-order valence-corrected chi connectivity index (χ4v) is 2.74. The molecule has 20 heavy (non-hydrogen) atoms. The number of rotatable bonds is 4. The SMILES string of the molecule is CC(=N)/C(=N\N(C)C)C(F)(F)[S+]([O-])C1=NOC(C)(C)C1. The lowest BCUT2D eigenvalue weighted by atomic mass is 10.1. The molecule has 1 heterocycles. The summed E-state index contributed by atoms with van der Waals surface area (Å²) in [6.45, 7) is 4.50. The Morgan fingerprint density at radius 3 is 2.45 bits per heavy atom. The van der Waals surface area contributed by atoms with Gasteiger partial charge in [-0.05, 0) is 25.9 Å². The van der Waals surface area contributed by atoms with Gasteiger partial charge in [-0.1, -0.05) is 0 Å². The Kier molecular flexibility index (Phi) is 4.75. The van der Waals surface area contributed by atoms with Crippen LogP contribution >= 0.6 is 0 Å². The van der Waals surface area contributed by atoms with Crippen molar-refractivity contribution in [2.45, 2.75) is 38.0 Å². The minimum atomic E-state index is -3.79. The Bertz CT molecular complexity index is 463. The first kappa shape index (κ1) is 16.8. The summed E-state index contributed by atoms with van der Waals surface area (Å²) >= 11 is -2.73. The summed E-state index contributed by atoms with van der Waals surface area (Å²) in [6, 6.07) is 0. The highest BCUT2D eigenvalue weighted by Crippen LogP contribution is 2.33. The van der Waals surface area contributed by atoms with E-state index in [1.54, 1.807) is 13.8 Å². The molecule has 0 spiro atoms. The summed E-state index contributed by atoms with van der Waals surface area (Å²) in [4.78, 5) is 4.95. The molecule has 0 bridgehead atoms. The molecule has 0 aromatic heterocycles. The molecule has 0 amide bonds. The van der Waals surface area contributed by atoms with E-state index in [2.05, 4.69) is 10.3 Å². The van der Waals surface area contributed by atoms with Crippen molar-refractivity contribution in [1.29, 1.82) is 5.41 Å². The van der Waals surface area contributed by atoms with Crippen molar-refractivity contribution in [1.82, 2.24) is 5.01 Å². The molecule has 0 radical (unpaired) electrons. The summed E-state index contributed by atoms with van der Waals surface area (Å²) in [7, 11) is 2.89. The van der Waals surface area contributed by atoms with E-state index in [-0.39, 0.29) is 11.5 Å². The Hall–Kier alpha value is -1.22. The largest absolute Gasteiger partial charge is 0.605 e. The van der Waals surface area contributed by atoms with E-state index in [9.17, 15) is 13.3 Å². The first-order chi connectivity index (χ1) is 8.97. The van der Waals surface area contributed by atoms with Crippen molar-refractivity contribution in [2.75, 3.05) is 14.1 Å². The molecule has 0 fully saturated rings. The van der Waals surface area contributed by atoms with Crippen LogP contribution in [0.3, 0.4) is 0 Å².